The number of aromatic nitrogens is 2. The Morgan fingerprint density at radius 1 is 1.45 bits per heavy atom. The van der Waals surface area contributed by atoms with E-state index in [0.717, 1.165) is 30.5 Å². The van der Waals surface area contributed by atoms with Crippen molar-refractivity contribution < 1.29 is 0 Å². The molecular formula is C17H27N5. The Labute approximate surface area is 132 Å². The highest BCUT2D eigenvalue weighted by Gasteiger charge is 2.18. The highest BCUT2D eigenvalue weighted by molar-refractivity contribution is 5.63. The van der Waals surface area contributed by atoms with Crippen molar-refractivity contribution in [2.75, 3.05) is 0 Å². The Bertz CT molecular complexity index is 621. The van der Waals surface area contributed by atoms with Gasteiger partial charge in [0.05, 0.1) is 17.9 Å². The molecule has 120 valence electrons. The van der Waals surface area contributed by atoms with Gasteiger partial charge in [-0.2, -0.15) is 5.10 Å². The molecule has 0 bridgehead atoms. The number of nitrogens with zero attached hydrogens (tertiary/aromatic N) is 3. The minimum Gasteiger partial charge on any atom is -0.397 e. The fourth-order valence-corrected chi connectivity index (χ4v) is 2.77. The number of hydrazine groups is 1. The summed E-state index contributed by atoms with van der Waals surface area (Å²) in [6.45, 7) is 6.32. The van der Waals surface area contributed by atoms with Gasteiger partial charge >= 0.3 is 0 Å². The number of hydrogen-bond donors (Lipinski definition) is 2. The third kappa shape index (κ3) is 3.42. The average Bonchev–Trinajstić information content (AvgIpc) is 2.71. The molecule has 0 radical (unpaired) electrons. The van der Waals surface area contributed by atoms with Gasteiger partial charge in [-0.15, -0.1) is 0 Å². The van der Waals surface area contributed by atoms with Crippen LogP contribution in [0.5, 0.6) is 0 Å². The average molecular weight is 301 g/mol. The molecule has 1 unspecified atom stereocenters. The van der Waals surface area contributed by atoms with E-state index in [0.29, 0.717) is 5.70 Å². The van der Waals surface area contributed by atoms with Crippen LogP contribution in [0.25, 0.3) is 5.70 Å². The van der Waals surface area contributed by atoms with E-state index in [1.807, 2.05) is 24.9 Å². The molecular weight excluding hydrogens is 274 g/mol. The van der Waals surface area contributed by atoms with Gasteiger partial charge < -0.3 is 10.7 Å². The van der Waals surface area contributed by atoms with E-state index in [9.17, 15) is 0 Å². The van der Waals surface area contributed by atoms with Crippen LogP contribution in [-0.4, -0.2) is 20.8 Å². The van der Waals surface area contributed by atoms with Gasteiger partial charge in [0.2, 0.25) is 0 Å². The van der Waals surface area contributed by atoms with Crippen LogP contribution >= 0.6 is 0 Å². The number of rotatable bonds is 4. The van der Waals surface area contributed by atoms with E-state index in [2.05, 4.69) is 31.1 Å². The van der Waals surface area contributed by atoms with Crippen LogP contribution < -0.4 is 11.6 Å². The fourth-order valence-electron chi connectivity index (χ4n) is 2.77. The summed E-state index contributed by atoms with van der Waals surface area (Å²) in [4.78, 5) is 0. The van der Waals surface area contributed by atoms with Crippen molar-refractivity contribution in [1.82, 2.24) is 14.8 Å². The predicted octanol–water partition coefficient (Wildman–Crippen LogP) is 2.61. The van der Waals surface area contributed by atoms with Gasteiger partial charge in [0.25, 0.3) is 0 Å². The van der Waals surface area contributed by atoms with E-state index < -0.39 is 0 Å². The summed E-state index contributed by atoms with van der Waals surface area (Å²) >= 11 is 0. The second-order valence-electron chi connectivity index (χ2n) is 5.94. The summed E-state index contributed by atoms with van der Waals surface area (Å²) in [6, 6.07) is 0.177. The zero-order valence-electron chi connectivity index (χ0n) is 14.0. The van der Waals surface area contributed by atoms with Crippen LogP contribution in [0.3, 0.4) is 0 Å². The van der Waals surface area contributed by atoms with Gasteiger partial charge in [0, 0.05) is 24.5 Å². The molecule has 22 heavy (non-hydrogen) atoms. The molecule has 0 aromatic carbocycles. The Kier molecular flexibility index (Phi) is 5.08. The molecule has 1 aliphatic carbocycles. The van der Waals surface area contributed by atoms with E-state index in [-0.39, 0.29) is 6.04 Å². The summed E-state index contributed by atoms with van der Waals surface area (Å²) in [5.74, 6) is 6.28. The SMILES string of the molecule is CCC1=CC=C(C)C(N(N)/C=C(\N)c2cnn(C)c2C)CC1. The molecule has 0 spiro atoms. The van der Waals surface area contributed by atoms with E-state index in [1.54, 1.807) is 11.2 Å². The van der Waals surface area contributed by atoms with Crippen LogP contribution in [0, 0.1) is 6.92 Å². The molecule has 0 amide bonds. The largest absolute Gasteiger partial charge is 0.397 e. The van der Waals surface area contributed by atoms with Gasteiger partial charge in [-0.3, -0.25) is 4.68 Å². The summed E-state index contributed by atoms with van der Waals surface area (Å²) in [5, 5.41) is 5.96. The lowest BCUT2D eigenvalue weighted by Crippen LogP contribution is -2.38. The fraction of sp³-hybridized carbons (Fsp3) is 0.471. The smallest absolute Gasteiger partial charge is 0.0659 e. The molecule has 0 saturated heterocycles. The first-order chi connectivity index (χ1) is 10.4. The molecule has 1 aromatic rings. The Morgan fingerprint density at radius 3 is 2.77 bits per heavy atom. The second kappa shape index (κ2) is 6.83. The van der Waals surface area contributed by atoms with Gasteiger partial charge in [0.15, 0.2) is 0 Å². The number of allylic oxidation sites excluding steroid dienone is 3. The summed E-state index contributed by atoms with van der Waals surface area (Å²) in [6.07, 6.45) is 11.2. The number of hydrogen-bond acceptors (Lipinski definition) is 4. The molecule has 5 heteroatoms. The van der Waals surface area contributed by atoms with Crippen LogP contribution in [-0.2, 0) is 7.05 Å². The second-order valence-corrected chi connectivity index (χ2v) is 5.94. The normalized spacial score (nSPS) is 19.5. The minimum absolute atomic E-state index is 0.177. The Morgan fingerprint density at radius 2 is 2.18 bits per heavy atom. The zero-order chi connectivity index (χ0) is 16.3. The van der Waals surface area contributed by atoms with E-state index in [4.69, 9.17) is 11.6 Å². The van der Waals surface area contributed by atoms with Crippen LogP contribution in [0.4, 0.5) is 0 Å². The summed E-state index contributed by atoms with van der Waals surface area (Å²) < 4.78 is 1.81. The maximum Gasteiger partial charge on any atom is 0.0659 e. The van der Waals surface area contributed by atoms with Crippen molar-refractivity contribution in [1.29, 1.82) is 0 Å². The number of nitrogens with two attached hydrogens (primary N) is 2. The zero-order valence-corrected chi connectivity index (χ0v) is 14.0. The maximum atomic E-state index is 6.28. The molecule has 1 aliphatic rings. The highest BCUT2D eigenvalue weighted by atomic mass is 15.4. The van der Waals surface area contributed by atoms with Crippen LogP contribution in [0.15, 0.2) is 35.7 Å². The first kappa shape index (κ1) is 16.4. The Balaban J connectivity index is 2.16. The maximum absolute atomic E-state index is 6.28. The number of aryl methyl sites for hydroxylation is 1. The van der Waals surface area contributed by atoms with Gasteiger partial charge in [0.1, 0.15) is 0 Å². The molecule has 0 saturated carbocycles. The molecule has 1 aromatic heterocycles. The lowest BCUT2D eigenvalue weighted by atomic mass is 10.0. The molecule has 5 nitrogen and oxygen atoms in total. The highest BCUT2D eigenvalue weighted by Crippen LogP contribution is 2.24. The standard InChI is InChI=1S/C17H27N5/c1-5-14-7-6-12(2)17(9-8-14)22(19)11-16(18)15-10-20-21(4)13(15)3/h6-7,10-11,17H,5,8-9,18-19H2,1-4H3/b16-11-. The summed E-state index contributed by atoms with van der Waals surface area (Å²) in [5.41, 5.74) is 11.5. The van der Waals surface area contributed by atoms with Gasteiger partial charge in [-0.25, -0.2) is 5.84 Å². The monoisotopic (exact) mass is 301 g/mol. The van der Waals surface area contributed by atoms with Crippen molar-refractivity contribution in [2.24, 2.45) is 18.6 Å². The molecule has 4 N–H and O–H groups in total. The first-order valence-corrected chi connectivity index (χ1v) is 7.79. The van der Waals surface area contributed by atoms with E-state index in [1.165, 1.54) is 11.1 Å². The molecule has 1 atom stereocenters. The first-order valence-electron chi connectivity index (χ1n) is 7.79. The molecule has 0 aliphatic heterocycles. The summed E-state index contributed by atoms with van der Waals surface area (Å²) in [7, 11) is 1.91. The minimum atomic E-state index is 0.177. The van der Waals surface area contributed by atoms with Crippen molar-refractivity contribution in [3.63, 3.8) is 0 Å². The molecule has 2 rings (SSSR count). The van der Waals surface area contributed by atoms with Crippen molar-refractivity contribution in [3.05, 3.63) is 47.0 Å². The lowest BCUT2D eigenvalue weighted by molar-refractivity contribution is 0.305. The predicted molar refractivity (Wildman–Crippen MR) is 91.3 cm³/mol. The van der Waals surface area contributed by atoms with Gasteiger partial charge in [-0.1, -0.05) is 24.6 Å². The molecule has 0 fully saturated rings. The quantitative estimate of drug-likeness (QED) is 0.662. The van der Waals surface area contributed by atoms with Crippen LogP contribution in [0.2, 0.25) is 0 Å². The van der Waals surface area contributed by atoms with Crippen molar-refractivity contribution in [3.8, 4) is 0 Å². The third-order valence-corrected chi connectivity index (χ3v) is 4.49. The van der Waals surface area contributed by atoms with Crippen molar-refractivity contribution >= 4 is 5.70 Å². The molecule has 1 heterocycles. The Hall–Kier alpha value is -2.01. The van der Waals surface area contributed by atoms with E-state index >= 15 is 0 Å². The lowest BCUT2D eigenvalue weighted by Gasteiger charge is -2.27. The topological polar surface area (TPSA) is 73.1 Å². The van der Waals surface area contributed by atoms with Crippen molar-refractivity contribution in [2.45, 2.75) is 46.1 Å². The van der Waals surface area contributed by atoms with Gasteiger partial charge in [-0.05, 0) is 38.7 Å². The van der Waals surface area contributed by atoms with Crippen LogP contribution in [0.1, 0.15) is 44.4 Å². The third-order valence-electron chi connectivity index (χ3n) is 4.49.